The second-order valence-corrected chi connectivity index (χ2v) is 13.9. The third kappa shape index (κ3) is 4.53. The molecule has 9 aromatic rings. The van der Waals surface area contributed by atoms with E-state index in [-0.39, 0.29) is 0 Å². The molecule has 1 aliphatic carbocycles. The van der Waals surface area contributed by atoms with Gasteiger partial charge in [0.2, 0.25) is 0 Å². The van der Waals surface area contributed by atoms with E-state index < -0.39 is 5.41 Å². The van der Waals surface area contributed by atoms with E-state index in [1.165, 1.54) is 22.3 Å². The number of pyridine rings is 1. The fourth-order valence-electron chi connectivity index (χ4n) is 8.64. The van der Waals surface area contributed by atoms with E-state index in [2.05, 4.69) is 152 Å². The topological polar surface area (TPSA) is 47.9 Å². The van der Waals surface area contributed by atoms with Crippen LogP contribution in [0.3, 0.4) is 0 Å². The van der Waals surface area contributed by atoms with Crippen molar-refractivity contribution in [3.63, 3.8) is 0 Å². The van der Waals surface area contributed by atoms with Crippen LogP contribution in [0.1, 0.15) is 22.3 Å². The number of aromatic nitrogens is 3. The van der Waals surface area contributed by atoms with Crippen LogP contribution < -0.4 is 4.74 Å². The van der Waals surface area contributed by atoms with Crippen molar-refractivity contribution in [2.75, 3.05) is 0 Å². The fourth-order valence-corrected chi connectivity index (χ4v) is 8.64. The molecule has 11 rings (SSSR count). The summed E-state index contributed by atoms with van der Waals surface area (Å²) in [6.45, 7) is 0. The van der Waals surface area contributed by atoms with Crippen molar-refractivity contribution in [2.45, 2.75) is 5.41 Å². The molecule has 0 bridgehead atoms. The van der Waals surface area contributed by atoms with Gasteiger partial charge in [-0.05, 0) is 64.2 Å². The summed E-state index contributed by atoms with van der Waals surface area (Å²) in [7, 11) is 0. The van der Waals surface area contributed by atoms with Gasteiger partial charge >= 0.3 is 0 Å². The van der Waals surface area contributed by atoms with Crippen LogP contribution in [-0.2, 0) is 5.41 Å². The molecule has 1 aliphatic heterocycles. The molecule has 0 atom stereocenters. The average molecular weight is 690 g/mol. The maximum atomic E-state index is 6.61. The Kier molecular flexibility index (Phi) is 6.73. The molecule has 1 spiro atoms. The third-order valence-electron chi connectivity index (χ3n) is 11.0. The third-order valence-corrected chi connectivity index (χ3v) is 11.0. The lowest BCUT2D eigenvalue weighted by molar-refractivity contribution is 0.436. The highest BCUT2D eigenvalue weighted by Crippen LogP contribution is 2.62. The van der Waals surface area contributed by atoms with Gasteiger partial charge in [0.05, 0.1) is 22.3 Å². The number of benzene rings is 7. The van der Waals surface area contributed by atoms with Crippen molar-refractivity contribution < 1.29 is 4.74 Å². The van der Waals surface area contributed by atoms with Crippen LogP contribution in [0, 0.1) is 0 Å². The lowest BCUT2D eigenvalue weighted by Gasteiger charge is -2.39. The molecule has 0 radical (unpaired) electrons. The Morgan fingerprint density at radius 1 is 0.389 bits per heavy atom. The van der Waals surface area contributed by atoms with Crippen LogP contribution in [0.4, 0.5) is 0 Å². The van der Waals surface area contributed by atoms with Crippen LogP contribution >= 0.6 is 0 Å². The molecule has 4 heteroatoms. The maximum absolute atomic E-state index is 6.61. The van der Waals surface area contributed by atoms with E-state index >= 15 is 0 Å². The van der Waals surface area contributed by atoms with E-state index in [4.69, 9.17) is 19.7 Å². The number of nitrogens with zero attached hydrogens (tertiary/aromatic N) is 3. The van der Waals surface area contributed by atoms with Gasteiger partial charge in [-0.1, -0.05) is 146 Å². The fraction of sp³-hybridized carbons (Fsp3) is 0.0200. The molecule has 0 amide bonds. The first-order valence-electron chi connectivity index (χ1n) is 18.3. The van der Waals surface area contributed by atoms with Crippen molar-refractivity contribution in [2.24, 2.45) is 0 Å². The highest BCUT2D eigenvalue weighted by molar-refractivity contribution is 5.97. The molecule has 0 saturated carbocycles. The van der Waals surface area contributed by atoms with Gasteiger partial charge in [-0.3, -0.25) is 4.98 Å². The minimum Gasteiger partial charge on any atom is -0.457 e. The van der Waals surface area contributed by atoms with Crippen LogP contribution in [0.25, 0.3) is 67.1 Å². The largest absolute Gasteiger partial charge is 0.457 e. The number of hydrogen-bond donors (Lipinski definition) is 0. The molecule has 252 valence electrons. The van der Waals surface area contributed by atoms with Gasteiger partial charge in [-0.25, -0.2) is 9.97 Å². The van der Waals surface area contributed by atoms with E-state index in [0.29, 0.717) is 5.82 Å². The molecule has 0 saturated heterocycles. The highest BCUT2D eigenvalue weighted by Gasteiger charge is 2.51. The standard InChI is InChI=1S/C50H31N3O/c1-3-13-32(14-4-1)44-31-45(53-49(52-44)34-15-5-2-6-16-34)36-25-27-41-39(30-36)38-29-35(37-19-11-17-33-18-12-28-51-48(33)37)24-26-40(38)50(41)42-20-7-9-22-46(42)54-47-23-10-8-21-43(47)50/h1-31H. The summed E-state index contributed by atoms with van der Waals surface area (Å²) in [6.07, 6.45) is 1.88. The molecule has 2 aliphatic rings. The number of ether oxygens (including phenoxy) is 1. The molecule has 0 N–H and O–H groups in total. The monoisotopic (exact) mass is 689 g/mol. The number of hydrogen-bond acceptors (Lipinski definition) is 4. The van der Waals surface area contributed by atoms with E-state index in [9.17, 15) is 0 Å². The summed E-state index contributed by atoms with van der Waals surface area (Å²) in [5.41, 5.74) is 14.5. The smallest absolute Gasteiger partial charge is 0.160 e. The molecule has 7 aromatic carbocycles. The minimum atomic E-state index is -0.583. The maximum Gasteiger partial charge on any atom is 0.160 e. The molecule has 3 heterocycles. The van der Waals surface area contributed by atoms with Gasteiger partial charge in [0.15, 0.2) is 5.82 Å². The van der Waals surface area contributed by atoms with Crippen molar-refractivity contribution in [3.05, 3.63) is 210 Å². The Hall–Kier alpha value is -7.17. The van der Waals surface area contributed by atoms with Gasteiger partial charge < -0.3 is 4.74 Å². The van der Waals surface area contributed by atoms with Crippen LogP contribution in [0.15, 0.2) is 188 Å². The Morgan fingerprint density at radius 2 is 0.963 bits per heavy atom. The predicted molar refractivity (Wildman–Crippen MR) is 216 cm³/mol. The van der Waals surface area contributed by atoms with Gasteiger partial charge in [0, 0.05) is 45.0 Å². The Morgan fingerprint density at radius 3 is 1.67 bits per heavy atom. The summed E-state index contributed by atoms with van der Waals surface area (Å²) in [4.78, 5) is 15.1. The summed E-state index contributed by atoms with van der Waals surface area (Å²) in [5, 5.41) is 1.12. The molecule has 4 nitrogen and oxygen atoms in total. The Balaban J connectivity index is 1.19. The van der Waals surface area contributed by atoms with Crippen LogP contribution in [0.5, 0.6) is 11.5 Å². The van der Waals surface area contributed by atoms with Crippen molar-refractivity contribution in [3.8, 4) is 67.7 Å². The minimum absolute atomic E-state index is 0.583. The lowest BCUT2D eigenvalue weighted by Crippen LogP contribution is -2.32. The summed E-state index contributed by atoms with van der Waals surface area (Å²) < 4.78 is 6.61. The zero-order chi connectivity index (χ0) is 35.6. The van der Waals surface area contributed by atoms with E-state index in [0.717, 1.165) is 72.7 Å². The van der Waals surface area contributed by atoms with E-state index in [1.807, 2.05) is 36.5 Å². The predicted octanol–water partition coefficient (Wildman–Crippen LogP) is 12.2. The van der Waals surface area contributed by atoms with Crippen molar-refractivity contribution >= 4 is 10.9 Å². The highest BCUT2D eigenvalue weighted by atomic mass is 16.5. The average Bonchev–Trinajstić information content (AvgIpc) is 3.53. The van der Waals surface area contributed by atoms with Crippen molar-refractivity contribution in [1.29, 1.82) is 0 Å². The number of para-hydroxylation sites is 3. The summed E-state index contributed by atoms with van der Waals surface area (Å²) in [5.74, 6) is 2.44. The summed E-state index contributed by atoms with van der Waals surface area (Å²) >= 11 is 0. The summed E-state index contributed by atoms with van der Waals surface area (Å²) in [6, 6.07) is 64.1. The van der Waals surface area contributed by atoms with Gasteiger partial charge in [-0.2, -0.15) is 0 Å². The molecular formula is C50H31N3O. The SMILES string of the molecule is c1ccc(-c2cc(-c3ccc4c(c3)-c3cc(-c5cccc6cccnc56)ccc3C43c4ccccc4Oc4ccccc43)nc(-c3ccccc3)n2)cc1. The second kappa shape index (κ2) is 11.9. The molecule has 0 fully saturated rings. The zero-order valence-electron chi connectivity index (χ0n) is 29.1. The Labute approximate surface area is 313 Å². The van der Waals surface area contributed by atoms with Crippen molar-refractivity contribution in [1.82, 2.24) is 15.0 Å². The van der Waals surface area contributed by atoms with Gasteiger partial charge in [-0.15, -0.1) is 0 Å². The first kappa shape index (κ1) is 30.5. The normalized spacial score (nSPS) is 13.1. The second-order valence-electron chi connectivity index (χ2n) is 13.9. The number of rotatable bonds is 4. The van der Waals surface area contributed by atoms with Gasteiger partial charge in [0.1, 0.15) is 11.5 Å². The molecule has 54 heavy (non-hydrogen) atoms. The quantitative estimate of drug-likeness (QED) is 0.185. The number of fused-ring (bicyclic) bond motifs is 10. The Bertz CT molecular complexity index is 2810. The van der Waals surface area contributed by atoms with Gasteiger partial charge in [0.25, 0.3) is 0 Å². The first-order valence-corrected chi connectivity index (χ1v) is 18.3. The van der Waals surface area contributed by atoms with E-state index in [1.54, 1.807) is 0 Å². The first-order chi connectivity index (χ1) is 26.8. The zero-order valence-corrected chi connectivity index (χ0v) is 29.1. The molecule has 0 unspecified atom stereocenters. The van der Waals surface area contributed by atoms with Crippen LogP contribution in [-0.4, -0.2) is 15.0 Å². The van der Waals surface area contributed by atoms with Crippen LogP contribution in [0.2, 0.25) is 0 Å². The molecular weight excluding hydrogens is 659 g/mol. The molecule has 2 aromatic heterocycles. The lowest BCUT2D eigenvalue weighted by atomic mass is 9.66.